The van der Waals surface area contributed by atoms with E-state index in [1.165, 1.54) is 29.3 Å². The van der Waals surface area contributed by atoms with Crippen LogP contribution in [-0.2, 0) is 4.74 Å². The summed E-state index contributed by atoms with van der Waals surface area (Å²) in [5.41, 5.74) is 1.42. The van der Waals surface area contributed by atoms with Crippen molar-refractivity contribution < 1.29 is 4.74 Å². The van der Waals surface area contributed by atoms with E-state index in [-0.39, 0.29) is 0 Å². The van der Waals surface area contributed by atoms with Crippen LogP contribution in [0.2, 0.25) is 5.02 Å². The van der Waals surface area contributed by atoms with E-state index in [0.717, 1.165) is 23.7 Å². The summed E-state index contributed by atoms with van der Waals surface area (Å²) in [5.74, 6) is 0. The lowest BCUT2D eigenvalue weighted by molar-refractivity contribution is -0.114. The van der Waals surface area contributed by atoms with Gasteiger partial charge < -0.3 is 10.1 Å². The van der Waals surface area contributed by atoms with E-state index in [1.807, 2.05) is 6.07 Å². The Labute approximate surface area is 139 Å². The van der Waals surface area contributed by atoms with Crippen molar-refractivity contribution in [2.24, 2.45) is 5.41 Å². The molecule has 0 bridgehead atoms. The lowest BCUT2D eigenvalue weighted by Crippen LogP contribution is -2.60. The van der Waals surface area contributed by atoms with Crippen molar-refractivity contribution in [3.63, 3.8) is 0 Å². The number of hydrogen-bond donors (Lipinski definition) is 1. The maximum absolute atomic E-state index is 6.35. The summed E-state index contributed by atoms with van der Waals surface area (Å²) in [7, 11) is 0. The van der Waals surface area contributed by atoms with E-state index in [0.29, 0.717) is 17.6 Å². The van der Waals surface area contributed by atoms with Gasteiger partial charge in [0.25, 0.3) is 0 Å². The predicted octanol–water partition coefficient (Wildman–Crippen LogP) is 5.09. The first kappa shape index (κ1) is 14.9. The fourth-order valence-electron chi connectivity index (χ4n) is 3.88. The van der Waals surface area contributed by atoms with E-state index in [9.17, 15) is 0 Å². The molecule has 2 atom stereocenters. The van der Waals surface area contributed by atoms with Gasteiger partial charge in [-0.3, -0.25) is 0 Å². The average molecular weight is 406 g/mol. The number of benzene rings is 1. The van der Waals surface area contributed by atoms with Gasteiger partial charge in [0.1, 0.15) is 0 Å². The zero-order chi connectivity index (χ0) is 14.2. The lowest BCUT2D eigenvalue weighted by atomic mass is 9.60. The summed E-state index contributed by atoms with van der Waals surface area (Å²) in [5, 5.41) is 4.50. The molecule has 2 nitrogen and oxygen atoms in total. The van der Waals surface area contributed by atoms with E-state index < -0.39 is 0 Å². The van der Waals surface area contributed by atoms with Crippen LogP contribution in [0.15, 0.2) is 18.2 Å². The monoisotopic (exact) mass is 405 g/mol. The van der Waals surface area contributed by atoms with Crippen molar-refractivity contribution in [3.8, 4) is 0 Å². The second kappa shape index (κ2) is 6.01. The molecule has 1 aromatic rings. The van der Waals surface area contributed by atoms with E-state index >= 15 is 0 Å². The van der Waals surface area contributed by atoms with Crippen LogP contribution in [0.5, 0.6) is 0 Å². The zero-order valence-electron chi connectivity index (χ0n) is 11.8. The lowest BCUT2D eigenvalue weighted by Gasteiger charge is -2.54. The van der Waals surface area contributed by atoms with Crippen molar-refractivity contribution in [3.05, 3.63) is 26.8 Å². The summed E-state index contributed by atoms with van der Waals surface area (Å²) in [4.78, 5) is 0. The smallest absolute Gasteiger partial charge is 0.0670 e. The molecule has 2 aliphatic rings. The molecule has 0 aromatic heterocycles. The van der Waals surface area contributed by atoms with Gasteiger partial charge in [0, 0.05) is 21.6 Å². The maximum Gasteiger partial charge on any atom is 0.0670 e. The van der Waals surface area contributed by atoms with Gasteiger partial charge in [-0.25, -0.2) is 0 Å². The average Bonchev–Trinajstić information content (AvgIpc) is 2.92. The fraction of sp³-hybridized carbons (Fsp3) is 0.625. The SMILES string of the molecule is CCOC1CC(Nc2ccc(I)cc2Cl)C12CCCC2. The molecule has 0 saturated heterocycles. The highest BCUT2D eigenvalue weighted by atomic mass is 127. The van der Waals surface area contributed by atoms with Gasteiger partial charge in [-0.15, -0.1) is 0 Å². The topological polar surface area (TPSA) is 21.3 Å². The molecular formula is C16H21ClINO. The maximum atomic E-state index is 6.35. The number of hydrogen-bond acceptors (Lipinski definition) is 2. The molecule has 0 radical (unpaired) electrons. The Kier molecular flexibility index (Phi) is 4.48. The van der Waals surface area contributed by atoms with Gasteiger partial charge in [-0.05, 0) is 67.0 Å². The molecule has 1 spiro atoms. The van der Waals surface area contributed by atoms with E-state index in [1.54, 1.807) is 0 Å². The van der Waals surface area contributed by atoms with Crippen LogP contribution in [0, 0.1) is 8.99 Å². The van der Waals surface area contributed by atoms with Crippen molar-refractivity contribution in [1.82, 2.24) is 0 Å². The third kappa shape index (κ3) is 2.57. The number of anilines is 1. The first-order valence-corrected chi connectivity index (χ1v) is 8.94. The van der Waals surface area contributed by atoms with Crippen molar-refractivity contribution in [1.29, 1.82) is 0 Å². The highest BCUT2D eigenvalue weighted by Gasteiger charge is 2.56. The Morgan fingerprint density at radius 2 is 2.15 bits per heavy atom. The van der Waals surface area contributed by atoms with Gasteiger partial charge >= 0.3 is 0 Å². The number of rotatable bonds is 4. The van der Waals surface area contributed by atoms with Crippen LogP contribution < -0.4 is 5.32 Å². The van der Waals surface area contributed by atoms with Gasteiger partial charge in [0.2, 0.25) is 0 Å². The minimum Gasteiger partial charge on any atom is -0.380 e. The minimum absolute atomic E-state index is 0.350. The molecule has 1 aromatic carbocycles. The van der Waals surface area contributed by atoms with Gasteiger partial charge in [0.05, 0.1) is 16.8 Å². The molecular weight excluding hydrogens is 385 g/mol. The van der Waals surface area contributed by atoms with Crippen LogP contribution in [-0.4, -0.2) is 18.8 Å². The summed E-state index contributed by atoms with van der Waals surface area (Å²) in [6.07, 6.45) is 6.80. The van der Waals surface area contributed by atoms with E-state index in [2.05, 4.69) is 47.0 Å². The highest BCUT2D eigenvalue weighted by Crippen LogP contribution is 2.55. The van der Waals surface area contributed by atoms with Crippen LogP contribution in [0.4, 0.5) is 5.69 Å². The minimum atomic E-state index is 0.350. The predicted molar refractivity (Wildman–Crippen MR) is 92.5 cm³/mol. The molecule has 1 N–H and O–H groups in total. The largest absolute Gasteiger partial charge is 0.380 e. The zero-order valence-corrected chi connectivity index (χ0v) is 14.7. The summed E-state index contributed by atoms with van der Waals surface area (Å²) in [6.45, 7) is 2.92. The Bertz CT molecular complexity index is 487. The summed E-state index contributed by atoms with van der Waals surface area (Å²) >= 11 is 8.64. The quantitative estimate of drug-likeness (QED) is 0.704. The molecule has 2 unspecified atom stereocenters. The molecule has 0 aliphatic heterocycles. The molecule has 0 heterocycles. The Morgan fingerprint density at radius 3 is 2.80 bits per heavy atom. The standard InChI is InChI=1S/C16H21ClINO/c1-2-20-15-10-14(16(15)7-3-4-8-16)19-13-6-5-11(18)9-12(13)17/h5-6,9,14-15,19H,2-4,7-8,10H2,1H3. The third-order valence-electron chi connectivity index (χ3n) is 4.95. The van der Waals surface area contributed by atoms with Gasteiger partial charge in [0.15, 0.2) is 0 Å². The second-order valence-corrected chi connectivity index (χ2v) is 7.59. The first-order valence-electron chi connectivity index (χ1n) is 7.49. The number of nitrogens with one attached hydrogen (secondary N) is 1. The van der Waals surface area contributed by atoms with Crippen LogP contribution >= 0.6 is 34.2 Å². The molecule has 2 fully saturated rings. The normalized spacial score (nSPS) is 27.6. The first-order chi connectivity index (χ1) is 9.65. The third-order valence-corrected chi connectivity index (χ3v) is 5.93. The Morgan fingerprint density at radius 1 is 1.40 bits per heavy atom. The highest BCUT2D eigenvalue weighted by molar-refractivity contribution is 14.1. The fourth-order valence-corrected chi connectivity index (χ4v) is 4.79. The molecule has 2 aliphatic carbocycles. The van der Waals surface area contributed by atoms with Crippen molar-refractivity contribution in [2.45, 2.75) is 51.2 Å². The van der Waals surface area contributed by atoms with Gasteiger partial charge in [-0.2, -0.15) is 0 Å². The Hall–Kier alpha value is -0.0000000000000000555. The van der Waals surface area contributed by atoms with Crippen molar-refractivity contribution in [2.75, 3.05) is 11.9 Å². The molecule has 0 amide bonds. The molecule has 3 rings (SSSR count). The second-order valence-electron chi connectivity index (χ2n) is 5.94. The molecule has 2 saturated carbocycles. The summed E-state index contributed by atoms with van der Waals surface area (Å²) < 4.78 is 7.13. The number of halogens is 2. The van der Waals surface area contributed by atoms with Crippen LogP contribution in [0.25, 0.3) is 0 Å². The van der Waals surface area contributed by atoms with Crippen LogP contribution in [0.1, 0.15) is 39.0 Å². The Balaban J connectivity index is 1.74. The molecule has 20 heavy (non-hydrogen) atoms. The van der Waals surface area contributed by atoms with Crippen molar-refractivity contribution >= 4 is 39.9 Å². The number of ether oxygens (including phenoxy) is 1. The van der Waals surface area contributed by atoms with Crippen LogP contribution in [0.3, 0.4) is 0 Å². The molecule has 110 valence electrons. The summed E-state index contributed by atoms with van der Waals surface area (Å²) in [6, 6.07) is 6.74. The van der Waals surface area contributed by atoms with E-state index in [4.69, 9.17) is 16.3 Å². The van der Waals surface area contributed by atoms with Gasteiger partial charge in [-0.1, -0.05) is 24.4 Å². The molecule has 4 heteroatoms.